The molecule has 128 valence electrons. The highest BCUT2D eigenvalue weighted by atomic mass is 15.3. The molecule has 6 rings (SSSR count). The van der Waals surface area contributed by atoms with Crippen LogP contribution in [-0.2, 0) is 0 Å². The summed E-state index contributed by atoms with van der Waals surface area (Å²) in [5, 5.41) is 3.49. The van der Waals surface area contributed by atoms with Gasteiger partial charge in [0, 0.05) is 18.3 Å². The Morgan fingerprint density at radius 2 is 1.50 bits per heavy atom. The second-order valence-electron chi connectivity index (χ2n) is 9.41. The standard InChI is InChI=1S/C22H30N2/c1-14-4-15(2)21(16(3)5-14)24-13-23-12-20(24)22-9-17-6-18(10-22)8-19(7-17)11-22/h4-5,17-20,23H,6-12H2,1-3H3. The lowest BCUT2D eigenvalue weighted by molar-refractivity contribution is -0.0637. The van der Waals surface area contributed by atoms with Crippen LogP contribution in [0.5, 0.6) is 0 Å². The SMILES string of the molecule is Cc1cc(C)c(N2[C]NCC2C23CC4CC(CC(C4)C2)C3)c(C)c1. The topological polar surface area (TPSA) is 15.3 Å². The molecule has 1 atom stereocenters. The quantitative estimate of drug-likeness (QED) is 0.856. The van der Waals surface area contributed by atoms with E-state index in [1.54, 1.807) is 0 Å². The van der Waals surface area contributed by atoms with Crippen LogP contribution in [0.25, 0.3) is 0 Å². The molecule has 4 bridgehead atoms. The fourth-order valence-electron chi connectivity index (χ4n) is 7.24. The summed E-state index contributed by atoms with van der Waals surface area (Å²) < 4.78 is 0. The molecule has 5 aliphatic rings. The van der Waals surface area contributed by atoms with E-state index in [2.05, 4.69) is 49.8 Å². The number of anilines is 1. The van der Waals surface area contributed by atoms with E-state index in [4.69, 9.17) is 0 Å². The van der Waals surface area contributed by atoms with Crippen molar-refractivity contribution in [2.45, 2.75) is 65.3 Å². The van der Waals surface area contributed by atoms with Crippen LogP contribution in [-0.4, -0.2) is 12.6 Å². The van der Waals surface area contributed by atoms with Gasteiger partial charge in [-0.15, -0.1) is 0 Å². The molecule has 5 fully saturated rings. The Morgan fingerprint density at radius 1 is 0.958 bits per heavy atom. The molecule has 0 spiro atoms. The van der Waals surface area contributed by atoms with Crippen molar-refractivity contribution in [3.05, 3.63) is 35.5 Å². The highest BCUT2D eigenvalue weighted by molar-refractivity contribution is 5.63. The summed E-state index contributed by atoms with van der Waals surface area (Å²) in [6.07, 6.45) is 8.97. The lowest BCUT2D eigenvalue weighted by Gasteiger charge is -2.60. The van der Waals surface area contributed by atoms with Crippen molar-refractivity contribution >= 4 is 5.69 Å². The van der Waals surface area contributed by atoms with E-state index in [0.717, 1.165) is 24.3 Å². The number of hydrogen-bond donors (Lipinski definition) is 1. The fraction of sp³-hybridized carbons (Fsp3) is 0.682. The number of hydrogen-bond acceptors (Lipinski definition) is 2. The number of nitrogens with one attached hydrogen (secondary N) is 1. The average molecular weight is 322 g/mol. The molecule has 1 N–H and O–H groups in total. The van der Waals surface area contributed by atoms with E-state index in [1.165, 1.54) is 60.9 Å². The van der Waals surface area contributed by atoms with Crippen LogP contribution < -0.4 is 10.2 Å². The molecule has 1 aromatic rings. The highest BCUT2D eigenvalue weighted by Gasteiger charge is 2.56. The Hall–Kier alpha value is -1.02. The van der Waals surface area contributed by atoms with Crippen LogP contribution in [0.3, 0.4) is 0 Å². The number of aryl methyl sites for hydroxylation is 3. The van der Waals surface area contributed by atoms with E-state index in [9.17, 15) is 0 Å². The van der Waals surface area contributed by atoms with Gasteiger partial charge < -0.3 is 4.90 Å². The maximum atomic E-state index is 3.53. The monoisotopic (exact) mass is 322 g/mol. The lowest BCUT2D eigenvalue weighted by Crippen LogP contribution is -2.56. The van der Waals surface area contributed by atoms with Gasteiger partial charge in [-0.05, 0) is 93.6 Å². The predicted molar refractivity (Wildman–Crippen MR) is 98.8 cm³/mol. The Labute approximate surface area is 147 Å². The van der Waals surface area contributed by atoms with Gasteiger partial charge in [-0.2, -0.15) is 0 Å². The molecule has 2 nitrogen and oxygen atoms in total. The molecule has 0 aromatic heterocycles. The smallest absolute Gasteiger partial charge is 0.174 e. The van der Waals surface area contributed by atoms with Crippen LogP contribution in [0.1, 0.15) is 55.2 Å². The molecular formula is C22H30N2. The van der Waals surface area contributed by atoms with E-state index in [0.29, 0.717) is 11.5 Å². The zero-order chi connectivity index (χ0) is 16.5. The minimum Gasteiger partial charge on any atom is -0.341 e. The van der Waals surface area contributed by atoms with Gasteiger partial charge in [-0.25, -0.2) is 0 Å². The molecule has 24 heavy (non-hydrogen) atoms. The van der Waals surface area contributed by atoms with Gasteiger partial charge in [0.25, 0.3) is 0 Å². The van der Waals surface area contributed by atoms with Gasteiger partial charge in [0.15, 0.2) is 6.67 Å². The maximum Gasteiger partial charge on any atom is 0.174 e. The summed E-state index contributed by atoms with van der Waals surface area (Å²) in [7, 11) is 0. The Bertz CT molecular complexity index is 604. The number of rotatable bonds is 2. The maximum absolute atomic E-state index is 3.53. The molecule has 1 unspecified atom stereocenters. The van der Waals surface area contributed by atoms with Crippen molar-refractivity contribution in [2.75, 3.05) is 11.4 Å². The first kappa shape index (κ1) is 15.3. The van der Waals surface area contributed by atoms with Crippen molar-refractivity contribution in [2.24, 2.45) is 23.2 Å². The number of nitrogens with zero attached hydrogens (tertiary/aromatic N) is 1. The first-order chi connectivity index (χ1) is 11.5. The molecule has 1 aromatic carbocycles. The molecular weight excluding hydrogens is 292 g/mol. The van der Waals surface area contributed by atoms with Gasteiger partial charge in [-0.3, -0.25) is 5.32 Å². The van der Waals surface area contributed by atoms with Gasteiger partial charge >= 0.3 is 0 Å². The van der Waals surface area contributed by atoms with Crippen molar-refractivity contribution < 1.29 is 0 Å². The van der Waals surface area contributed by atoms with E-state index in [1.807, 2.05) is 0 Å². The summed E-state index contributed by atoms with van der Waals surface area (Å²) in [4.78, 5) is 2.51. The first-order valence-electron chi connectivity index (χ1n) is 9.90. The molecule has 1 saturated heterocycles. The number of benzene rings is 1. The summed E-state index contributed by atoms with van der Waals surface area (Å²) >= 11 is 0. The zero-order valence-electron chi connectivity index (χ0n) is 15.4. The van der Waals surface area contributed by atoms with Crippen molar-refractivity contribution in [1.29, 1.82) is 0 Å². The van der Waals surface area contributed by atoms with Gasteiger partial charge in [0.2, 0.25) is 0 Å². The van der Waals surface area contributed by atoms with Crippen LogP contribution in [0.4, 0.5) is 5.69 Å². The predicted octanol–water partition coefficient (Wildman–Crippen LogP) is 4.60. The Kier molecular flexibility index (Phi) is 3.33. The third kappa shape index (κ3) is 2.18. The Balaban J connectivity index is 1.53. The second-order valence-corrected chi connectivity index (χ2v) is 9.41. The van der Waals surface area contributed by atoms with Gasteiger partial charge in [0.1, 0.15) is 0 Å². The van der Waals surface area contributed by atoms with Crippen molar-refractivity contribution in [1.82, 2.24) is 5.32 Å². The third-order valence-corrected chi connectivity index (χ3v) is 7.48. The Morgan fingerprint density at radius 3 is 2.04 bits per heavy atom. The normalized spacial score (nSPS) is 40.5. The minimum atomic E-state index is 0.537. The van der Waals surface area contributed by atoms with E-state index >= 15 is 0 Å². The molecule has 2 radical (unpaired) electrons. The van der Waals surface area contributed by atoms with Crippen LogP contribution in [0.15, 0.2) is 12.1 Å². The molecule has 4 saturated carbocycles. The zero-order valence-corrected chi connectivity index (χ0v) is 15.4. The molecule has 1 heterocycles. The molecule has 1 aliphatic heterocycles. The summed E-state index contributed by atoms with van der Waals surface area (Å²) in [6, 6.07) is 5.27. The summed E-state index contributed by atoms with van der Waals surface area (Å²) in [6.45, 7) is 11.4. The van der Waals surface area contributed by atoms with Crippen molar-refractivity contribution in [3.8, 4) is 0 Å². The van der Waals surface area contributed by atoms with Crippen molar-refractivity contribution in [3.63, 3.8) is 0 Å². The summed E-state index contributed by atoms with van der Waals surface area (Å²) in [5.41, 5.74) is 6.12. The fourth-order valence-corrected chi connectivity index (χ4v) is 7.24. The summed E-state index contributed by atoms with van der Waals surface area (Å²) in [5.74, 6) is 3.04. The van der Waals surface area contributed by atoms with Crippen LogP contribution >= 0.6 is 0 Å². The molecule has 4 aliphatic carbocycles. The third-order valence-electron chi connectivity index (χ3n) is 7.48. The van der Waals surface area contributed by atoms with E-state index < -0.39 is 0 Å². The van der Waals surface area contributed by atoms with Crippen LogP contribution in [0.2, 0.25) is 0 Å². The van der Waals surface area contributed by atoms with Gasteiger partial charge in [-0.1, -0.05) is 17.7 Å². The average Bonchev–Trinajstić information content (AvgIpc) is 2.94. The largest absolute Gasteiger partial charge is 0.341 e. The van der Waals surface area contributed by atoms with Gasteiger partial charge in [0.05, 0.1) is 0 Å². The van der Waals surface area contributed by atoms with Crippen LogP contribution in [0, 0.1) is 50.6 Å². The lowest BCUT2D eigenvalue weighted by atomic mass is 9.47. The molecule has 2 heteroatoms. The highest BCUT2D eigenvalue weighted by Crippen LogP contribution is 2.62. The second kappa shape index (κ2) is 5.24. The molecule has 0 amide bonds. The minimum absolute atomic E-state index is 0.537. The van der Waals surface area contributed by atoms with E-state index in [-0.39, 0.29) is 0 Å². The first-order valence-corrected chi connectivity index (χ1v) is 9.90.